The first-order valence-electron chi connectivity index (χ1n) is 13.1. The highest BCUT2D eigenvalue weighted by Crippen LogP contribution is 2.28. The van der Waals surface area contributed by atoms with Crippen LogP contribution in [0.1, 0.15) is 30.4 Å². The van der Waals surface area contributed by atoms with E-state index in [1.54, 1.807) is 11.3 Å². The Morgan fingerprint density at radius 3 is 2.61 bits per heavy atom. The molecule has 0 spiro atoms. The van der Waals surface area contributed by atoms with Gasteiger partial charge in [-0.3, -0.25) is 14.3 Å². The van der Waals surface area contributed by atoms with Crippen molar-refractivity contribution in [3.05, 3.63) is 53.9 Å². The van der Waals surface area contributed by atoms with Gasteiger partial charge in [-0.25, -0.2) is 0 Å². The largest absolute Gasteiger partial charge is 0.369 e. The van der Waals surface area contributed by atoms with Gasteiger partial charge in [-0.15, -0.1) is 10.2 Å². The molecule has 1 amide bonds. The van der Waals surface area contributed by atoms with Crippen LogP contribution in [0.5, 0.6) is 0 Å². The predicted octanol–water partition coefficient (Wildman–Crippen LogP) is 3.49. The number of anilines is 2. The molecule has 2 aliphatic heterocycles. The Labute approximate surface area is 217 Å². The van der Waals surface area contributed by atoms with Crippen molar-refractivity contribution in [2.45, 2.75) is 33.1 Å². The fourth-order valence-corrected chi connectivity index (χ4v) is 6.05. The number of benzene rings is 1. The van der Waals surface area contributed by atoms with E-state index < -0.39 is 0 Å². The standard InChI is InChI=1S/C27H37N7OS/c1-21-8-9-22(2)24(19-21)32-17-15-31(16-18-32)11-6-10-28-25(35)23-7-5-14-34(20-23)27-30-29-26(36-27)33-12-3-4-13-33/h3-4,8-9,12-13,19,23H,5-7,10-11,14-18,20H2,1-2H3,(H,28,35)/t23-/m1/s1. The van der Waals surface area contributed by atoms with Gasteiger partial charge in [-0.05, 0) is 69.0 Å². The third kappa shape index (κ3) is 5.90. The molecule has 9 heteroatoms. The van der Waals surface area contributed by atoms with Gasteiger partial charge < -0.3 is 15.1 Å². The average Bonchev–Trinajstić information content (AvgIpc) is 3.61. The molecule has 3 aromatic rings. The van der Waals surface area contributed by atoms with Crippen molar-refractivity contribution < 1.29 is 4.79 Å². The van der Waals surface area contributed by atoms with E-state index in [0.29, 0.717) is 6.54 Å². The number of aromatic nitrogens is 3. The summed E-state index contributed by atoms with van der Waals surface area (Å²) >= 11 is 1.57. The molecule has 192 valence electrons. The highest BCUT2D eigenvalue weighted by molar-refractivity contribution is 7.17. The lowest BCUT2D eigenvalue weighted by molar-refractivity contribution is -0.125. The van der Waals surface area contributed by atoms with E-state index in [9.17, 15) is 4.79 Å². The molecule has 4 heterocycles. The first kappa shape index (κ1) is 24.8. The first-order valence-corrected chi connectivity index (χ1v) is 13.9. The molecular formula is C27H37N7OS. The Bertz CT molecular complexity index is 1140. The molecule has 1 aromatic carbocycles. The molecule has 2 saturated heterocycles. The quantitative estimate of drug-likeness (QED) is 0.471. The van der Waals surface area contributed by atoms with Crippen LogP contribution < -0.4 is 15.1 Å². The molecule has 2 aromatic heterocycles. The number of hydrogen-bond acceptors (Lipinski definition) is 7. The lowest BCUT2D eigenvalue weighted by Gasteiger charge is -2.37. The molecule has 5 rings (SSSR count). The fourth-order valence-electron chi connectivity index (χ4n) is 5.20. The van der Waals surface area contributed by atoms with E-state index in [2.05, 4.69) is 62.3 Å². The summed E-state index contributed by atoms with van der Waals surface area (Å²) in [6, 6.07) is 10.7. The lowest BCUT2D eigenvalue weighted by Crippen LogP contribution is -2.47. The van der Waals surface area contributed by atoms with Gasteiger partial charge in [0.15, 0.2) is 0 Å². The van der Waals surface area contributed by atoms with Crippen LogP contribution in [0.15, 0.2) is 42.7 Å². The highest BCUT2D eigenvalue weighted by atomic mass is 32.1. The maximum atomic E-state index is 12.9. The van der Waals surface area contributed by atoms with Crippen LogP contribution >= 0.6 is 11.3 Å². The summed E-state index contributed by atoms with van der Waals surface area (Å²) < 4.78 is 1.97. The van der Waals surface area contributed by atoms with E-state index in [4.69, 9.17) is 0 Å². The van der Waals surface area contributed by atoms with Crippen molar-refractivity contribution in [1.82, 2.24) is 25.0 Å². The van der Waals surface area contributed by atoms with Crippen LogP contribution in [0.4, 0.5) is 10.8 Å². The summed E-state index contributed by atoms with van der Waals surface area (Å²) in [5.41, 5.74) is 4.04. The summed E-state index contributed by atoms with van der Waals surface area (Å²) in [5.74, 6) is 0.188. The molecule has 0 bridgehead atoms. The number of piperidine rings is 1. The molecular weight excluding hydrogens is 470 g/mol. The summed E-state index contributed by atoms with van der Waals surface area (Å²) in [4.78, 5) is 20.1. The molecule has 0 unspecified atom stereocenters. The molecule has 2 aliphatic rings. The topological polar surface area (TPSA) is 69.5 Å². The van der Waals surface area contributed by atoms with Crippen LogP contribution in [0.25, 0.3) is 5.13 Å². The maximum absolute atomic E-state index is 12.9. The minimum atomic E-state index is 0.0128. The van der Waals surface area contributed by atoms with Crippen LogP contribution in [-0.4, -0.2) is 77.9 Å². The Morgan fingerprint density at radius 2 is 1.81 bits per heavy atom. The van der Waals surface area contributed by atoms with Crippen LogP contribution in [-0.2, 0) is 4.79 Å². The number of piperazine rings is 1. The van der Waals surface area contributed by atoms with Crippen LogP contribution in [0.3, 0.4) is 0 Å². The number of aryl methyl sites for hydroxylation is 2. The molecule has 1 atom stereocenters. The van der Waals surface area contributed by atoms with E-state index in [1.165, 1.54) is 16.8 Å². The molecule has 1 N–H and O–H groups in total. The lowest BCUT2D eigenvalue weighted by atomic mass is 9.97. The number of rotatable bonds is 8. The predicted molar refractivity (Wildman–Crippen MR) is 146 cm³/mol. The second-order valence-corrected chi connectivity index (χ2v) is 10.9. The molecule has 36 heavy (non-hydrogen) atoms. The van der Waals surface area contributed by atoms with Crippen molar-refractivity contribution in [2.75, 3.05) is 62.2 Å². The number of nitrogens with zero attached hydrogens (tertiary/aromatic N) is 6. The summed E-state index contributed by atoms with van der Waals surface area (Å²) in [5, 5.41) is 13.7. The average molecular weight is 508 g/mol. The summed E-state index contributed by atoms with van der Waals surface area (Å²) in [7, 11) is 0. The molecule has 2 fully saturated rings. The number of carbonyl (C=O) groups excluding carboxylic acids is 1. The molecule has 0 radical (unpaired) electrons. The van der Waals surface area contributed by atoms with Crippen molar-refractivity contribution in [1.29, 1.82) is 0 Å². The zero-order chi connectivity index (χ0) is 24.9. The maximum Gasteiger partial charge on any atom is 0.224 e. The van der Waals surface area contributed by atoms with Gasteiger partial charge in [0.1, 0.15) is 0 Å². The number of hydrogen-bond donors (Lipinski definition) is 1. The van der Waals surface area contributed by atoms with Crippen LogP contribution in [0, 0.1) is 19.8 Å². The third-order valence-corrected chi connectivity index (χ3v) is 8.32. The summed E-state index contributed by atoms with van der Waals surface area (Å²) in [6.45, 7) is 12.0. The van der Waals surface area contributed by atoms with Crippen molar-refractivity contribution in [3.8, 4) is 5.13 Å². The van der Waals surface area contributed by atoms with Gasteiger partial charge in [-0.1, -0.05) is 23.5 Å². The molecule has 0 aliphatic carbocycles. The van der Waals surface area contributed by atoms with E-state index in [0.717, 1.165) is 75.3 Å². The number of amides is 1. The van der Waals surface area contributed by atoms with Gasteiger partial charge in [0, 0.05) is 63.9 Å². The zero-order valence-electron chi connectivity index (χ0n) is 21.4. The van der Waals surface area contributed by atoms with Gasteiger partial charge >= 0.3 is 0 Å². The Balaban J connectivity index is 1.02. The Morgan fingerprint density at radius 1 is 1.03 bits per heavy atom. The zero-order valence-corrected chi connectivity index (χ0v) is 22.2. The fraction of sp³-hybridized carbons (Fsp3) is 0.519. The Kier molecular flexibility index (Phi) is 7.87. The SMILES string of the molecule is Cc1ccc(C)c(N2CCN(CCCNC(=O)[C@@H]3CCCN(c4nnc(-n5cccc5)s4)C3)CC2)c1. The normalized spacial score (nSPS) is 19.0. The monoisotopic (exact) mass is 507 g/mol. The molecule has 8 nitrogen and oxygen atoms in total. The van der Waals surface area contributed by atoms with Crippen molar-refractivity contribution in [2.24, 2.45) is 5.92 Å². The smallest absolute Gasteiger partial charge is 0.224 e. The molecule has 0 saturated carbocycles. The second kappa shape index (κ2) is 11.4. The van der Waals surface area contributed by atoms with Gasteiger partial charge in [0.25, 0.3) is 0 Å². The van der Waals surface area contributed by atoms with Crippen molar-refractivity contribution >= 4 is 28.1 Å². The minimum Gasteiger partial charge on any atom is -0.369 e. The van der Waals surface area contributed by atoms with Gasteiger partial charge in [-0.2, -0.15) is 0 Å². The van der Waals surface area contributed by atoms with Crippen LogP contribution in [0.2, 0.25) is 0 Å². The first-order chi connectivity index (χ1) is 17.6. The Hall–Kier alpha value is -2.91. The van der Waals surface area contributed by atoms with Crippen molar-refractivity contribution in [3.63, 3.8) is 0 Å². The second-order valence-electron chi connectivity index (χ2n) is 10.0. The minimum absolute atomic E-state index is 0.0128. The van der Waals surface area contributed by atoms with Gasteiger partial charge in [0.05, 0.1) is 5.92 Å². The van der Waals surface area contributed by atoms with E-state index in [1.807, 2.05) is 29.1 Å². The third-order valence-electron chi connectivity index (χ3n) is 7.32. The van der Waals surface area contributed by atoms with E-state index in [-0.39, 0.29) is 11.8 Å². The van der Waals surface area contributed by atoms with E-state index >= 15 is 0 Å². The highest BCUT2D eigenvalue weighted by Gasteiger charge is 2.27. The summed E-state index contributed by atoms with van der Waals surface area (Å²) in [6.07, 6.45) is 6.87. The van der Waals surface area contributed by atoms with Gasteiger partial charge in [0.2, 0.25) is 16.2 Å². The number of carbonyl (C=O) groups is 1. The number of nitrogens with one attached hydrogen (secondary N) is 1.